The van der Waals surface area contributed by atoms with E-state index in [1.54, 1.807) is 0 Å². The second kappa shape index (κ2) is 5.74. The summed E-state index contributed by atoms with van der Waals surface area (Å²) in [6, 6.07) is 14.6. The second-order valence-corrected chi connectivity index (χ2v) is 7.36. The lowest BCUT2D eigenvalue weighted by molar-refractivity contribution is 0.464. The van der Waals surface area contributed by atoms with Crippen LogP contribution in [0.25, 0.3) is 32.9 Å². The summed E-state index contributed by atoms with van der Waals surface area (Å²) in [4.78, 5) is 14.0. The van der Waals surface area contributed by atoms with Crippen molar-refractivity contribution in [2.24, 2.45) is 0 Å². The summed E-state index contributed by atoms with van der Waals surface area (Å²) < 4.78 is 6.24. The molecule has 0 fully saturated rings. The molecule has 0 unspecified atom stereocenters. The maximum atomic E-state index is 9.10. The van der Waals surface area contributed by atoms with Crippen LogP contribution in [-0.2, 0) is 19.3 Å². The molecule has 0 saturated carbocycles. The van der Waals surface area contributed by atoms with E-state index in [0.717, 1.165) is 48.1 Å². The van der Waals surface area contributed by atoms with E-state index in [0.29, 0.717) is 17.4 Å². The Labute approximate surface area is 161 Å². The van der Waals surface area contributed by atoms with Crippen molar-refractivity contribution in [3.05, 3.63) is 53.5 Å². The monoisotopic (exact) mass is 364 g/mol. The van der Waals surface area contributed by atoms with Gasteiger partial charge in [-0.3, -0.25) is 0 Å². The highest BCUT2D eigenvalue weighted by Gasteiger charge is 2.30. The molecule has 1 aliphatic heterocycles. The van der Waals surface area contributed by atoms with Gasteiger partial charge in [0.2, 0.25) is 5.88 Å². The molecule has 2 aromatic carbocycles. The Hall–Kier alpha value is -3.52. The summed E-state index contributed by atoms with van der Waals surface area (Å²) in [7, 11) is 0. The number of rotatable bonds is 1. The first-order valence-electron chi connectivity index (χ1n) is 9.63. The standard InChI is InChI=1S/C23H16N4O/c24-12-11-18-26-22-21-20(15-7-3-4-8-16(15)25-22)19-14-6-2-1-5-13(14)9-10-17(19)28-23(21)27-18/h1-2,5-6,9-10H,3-4,7-8,11H2. The normalized spacial score (nSPS) is 14.2. The molecule has 0 bridgehead atoms. The van der Waals surface area contributed by atoms with Gasteiger partial charge in [0.05, 0.1) is 17.9 Å². The fraction of sp³-hybridized carbons (Fsp3) is 0.217. The summed E-state index contributed by atoms with van der Waals surface area (Å²) in [6.45, 7) is 0. The molecule has 0 spiro atoms. The van der Waals surface area contributed by atoms with Crippen LogP contribution in [-0.4, -0.2) is 15.0 Å². The van der Waals surface area contributed by atoms with E-state index in [1.165, 1.54) is 21.9 Å². The van der Waals surface area contributed by atoms with E-state index in [9.17, 15) is 0 Å². The van der Waals surface area contributed by atoms with Crippen molar-refractivity contribution in [1.29, 1.82) is 5.26 Å². The molecule has 3 heterocycles. The molecule has 134 valence electrons. The molecular formula is C23H16N4O. The minimum Gasteiger partial charge on any atom is -0.437 e. The van der Waals surface area contributed by atoms with E-state index in [1.807, 2.05) is 6.07 Å². The van der Waals surface area contributed by atoms with Gasteiger partial charge in [0.1, 0.15) is 11.6 Å². The number of benzene rings is 2. The highest BCUT2D eigenvalue weighted by atomic mass is 16.5. The van der Waals surface area contributed by atoms with Crippen LogP contribution in [0, 0.1) is 11.3 Å². The highest BCUT2D eigenvalue weighted by Crippen LogP contribution is 2.50. The molecule has 4 aromatic rings. The van der Waals surface area contributed by atoms with Crippen molar-refractivity contribution >= 4 is 21.8 Å². The molecule has 5 nitrogen and oxygen atoms in total. The van der Waals surface area contributed by atoms with Crippen LogP contribution in [0.1, 0.15) is 29.9 Å². The van der Waals surface area contributed by atoms with Crippen LogP contribution < -0.4 is 4.74 Å². The average Bonchev–Trinajstić information content (AvgIpc) is 2.73. The molecule has 0 atom stereocenters. The highest BCUT2D eigenvalue weighted by molar-refractivity contribution is 6.10. The van der Waals surface area contributed by atoms with Gasteiger partial charge in [-0.15, -0.1) is 0 Å². The zero-order valence-corrected chi connectivity index (χ0v) is 15.2. The summed E-state index contributed by atoms with van der Waals surface area (Å²) in [5, 5.41) is 12.3. The second-order valence-electron chi connectivity index (χ2n) is 7.36. The molecule has 0 N–H and O–H groups in total. The lowest BCUT2D eigenvalue weighted by Gasteiger charge is -2.27. The molecule has 2 aromatic heterocycles. The number of aromatic nitrogens is 3. The lowest BCUT2D eigenvalue weighted by Crippen LogP contribution is -2.13. The van der Waals surface area contributed by atoms with Gasteiger partial charge in [-0.05, 0) is 48.1 Å². The fourth-order valence-corrected chi connectivity index (χ4v) is 4.53. The number of ether oxygens (including phenoxy) is 1. The van der Waals surface area contributed by atoms with Crippen LogP contribution >= 0.6 is 0 Å². The number of pyridine rings is 1. The minimum atomic E-state index is 0.144. The van der Waals surface area contributed by atoms with E-state index < -0.39 is 0 Å². The average molecular weight is 364 g/mol. The number of fused-ring (bicyclic) bond motifs is 6. The molecule has 6 rings (SSSR count). The first-order chi connectivity index (χ1) is 13.8. The molecule has 0 radical (unpaired) electrons. The van der Waals surface area contributed by atoms with Gasteiger partial charge in [-0.2, -0.15) is 10.2 Å². The van der Waals surface area contributed by atoms with Gasteiger partial charge in [0.15, 0.2) is 5.65 Å². The van der Waals surface area contributed by atoms with Gasteiger partial charge in [0, 0.05) is 16.8 Å². The Morgan fingerprint density at radius 2 is 1.86 bits per heavy atom. The minimum absolute atomic E-state index is 0.144. The molecule has 0 saturated heterocycles. The van der Waals surface area contributed by atoms with Crippen LogP contribution in [0.4, 0.5) is 0 Å². The fourth-order valence-electron chi connectivity index (χ4n) is 4.53. The molecule has 0 amide bonds. The molecule has 28 heavy (non-hydrogen) atoms. The topological polar surface area (TPSA) is 71.7 Å². The van der Waals surface area contributed by atoms with Crippen molar-refractivity contribution < 1.29 is 4.74 Å². The molecule has 1 aliphatic carbocycles. The van der Waals surface area contributed by atoms with Crippen LogP contribution in [0.3, 0.4) is 0 Å². The summed E-state index contributed by atoms with van der Waals surface area (Å²) in [5.74, 6) is 1.80. The third-order valence-corrected chi connectivity index (χ3v) is 5.72. The van der Waals surface area contributed by atoms with Crippen molar-refractivity contribution in [3.63, 3.8) is 0 Å². The lowest BCUT2D eigenvalue weighted by atomic mass is 9.84. The third-order valence-electron chi connectivity index (χ3n) is 5.72. The maximum Gasteiger partial charge on any atom is 0.232 e. The predicted octanol–water partition coefficient (Wildman–Crippen LogP) is 4.90. The Balaban J connectivity index is 1.80. The number of hydrogen-bond acceptors (Lipinski definition) is 5. The Morgan fingerprint density at radius 3 is 2.79 bits per heavy atom. The summed E-state index contributed by atoms with van der Waals surface area (Å²) >= 11 is 0. The number of hydrogen-bond donors (Lipinski definition) is 0. The van der Waals surface area contributed by atoms with E-state index >= 15 is 0 Å². The maximum absolute atomic E-state index is 9.10. The van der Waals surface area contributed by atoms with Crippen molar-refractivity contribution in [2.75, 3.05) is 0 Å². The number of nitriles is 1. The predicted molar refractivity (Wildman–Crippen MR) is 106 cm³/mol. The van der Waals surface area contributed by atoms with E-state index in [-0.39, 0.29) is 6.42 Å². The van der Waals surface area contributed by atoms with Gasteiger partial charge in [-0.1, -0.05) is 30.3 Å². The SMILES string of the molecule is N#CCc1nc2c3c(c4c(nc3n1)CCCC4)-c1c(ccc3ccccc13)O2. The van der Waals surface area contributed by atoms with Crippen molar-refractivity contribution in [3.8, 4) is 28.8 Å². The smallest absolute Gasteiger partial charge is 0.232 e. The van der Waals surface area contributed by atoms with Gasteiger partial charge in [-0.25, -0.2) is 9.97 Å². The van der Waals surface area contributed by atoms with Crippen LogP contribution in [0.5, 0.6) is 11.6 Å². The van der Waals surface area contributed by atoms with Gasteiger partial charge in [0.25, 0.3) is 0 Å². The van der Waals surface area contributed by atoms with E-state index in [4.69, 9.17) is 15.0 Å². The first-order valence-corrected chi connectivity index (χ1v) is 9.63. The zero-order valence-electron chi connectivity index (χ0n) is 15.2. The zero-order chi connectivity index (χ0) is 18.7. The van der Waals surface area contributed by atoms with Crippen LogP contribution in [0.15, 0.2) is 36.4 Å². The van der Waals surface area contributed by atoms with Crippen molar-refractivity contribution in [1.82, 2.24) is 15.0 Å². The quantitative estimate of drug-likeness (QED) is 0.423. The van der Waals surface area contributed by atoms with Gasteiger partial charge >= 0.3 is 0 Å². The summed E-state index contributed by atoms with van der Waals surface area (Å²) in [5.41, 5.74) is 5.37. The summed E-state index contributed by atoms with van der Waals surface area (Å²) in [6.07, 6.45) is 4.43. The Kier molecular flexibility index (Phi) is 3.18. The largest absolute Gasteiger partial charge is 0.437 e. The third kappa shape index (κ3) is 2.09. The number of nitrogens with zero attached hydrogens (tertiary/aromatic N) is 4. The Morgan fingerprint density at radius 1 is 0.964 bits per heavy atom. The molecule has 2 aliphatic rings. The van der Waals surface area contributed by atoms with Gasteiger partial charge < -0.3 is 4.74 Å². The van der Waals surface area contributed by atoms with Crippen LogP contribution in [0.2, 0.25) is 0 Å². The Bertz CT molecular complexity index is 1340. The van der Waals surface area contributed by atoms with E-state index in [2.05, 4.69) is 46.4 Å². The molecular weight excluding hydrogens is 348 g/mol. The first kappa shape index (κ1) is 15.5. The molecule has 5 heteroatoms. The number of aryl methyl sites for hydroxylation is 1. The van der Waals surface area contributed by atoms with Crippen molar-refractivity contribution in [2.45, 2.75) is 32.1 Å².